The number of para-hydroxylation sites is 1. The van der Waals surface area contributed by atoms with E-state index in [0.717, 1.165) is 11.4 Å². The van der Waals surface area contributed by atoms with E-state index in [1.807, 2.05) is 24.3 Å². The Morgan fingerprint density at radius 3 is 3.00 bits per heavy atom. The lowest BCUT2D eigenvalue weighted by atomic mass is 10.3. The number of nitrogens with one attached hydrogen (secondary N) is 1. The molecule has 0 saturated carbocycles. The van der Waals surface area contributed by atoms with Gasteiger partial charge in [-0.25, -0.2) is 0 Å². The highest BCUT2D eigenvalue weighted by atomic mass is 15.3. The van der Waals surface area contributed by atoms with Crippen molar-refractivity contribution >= 4 is 17.7 Å². The topological polar surface area (TPSA) is 38.5 Å². The third kappa shape index (κ3) is 0.719. The first-order valence-electron chi connectivity index (χ1n) is 3.05. The normalized spacial score (nSPS) is 13.2. The Labute approximate surface area is 58.8 Å². The molecule has 1 N–H and O–H groups in total. The molecule has 0 spiro atoms. The van der Waals surface area contributed by atoms with E-state index >= 15 is 0 Å². The average molecular weight is 132 g/mol. The molecule has 0 fully saturated rings. The molecule has 0 atom stereocenters. The van der Waals surface area contributed by atoms with Crippen molar-refractivity contribution in [2.24, 2.45) is 5.10 Å². The zero-order valence-corrected chi connectivity index (χ0v) is 5.28. The van der Waals surface area contributed by atoms with E-state index < -0.39 is 0 Å². The van der Waals surface area contributed by atoms with E-state index in [2.05, 4.69) is 15.8 Å². The maximum absolute atomic E-state index is 3.90. The van der Waals surface area contributed by atoms with Crippen LogP contribution in [0.25, 0.3) is 0 Å². The highest BCUT2D eigenvalue weighted by Gasteiger charge is 2.02. The predicted octanol–water partition coefficient (Wildman–Crippen LogP) is 1.29. The van der Waals surface area contributed by atoms with Gasteiger partial charge >= 0.3 is 0 Å². The van der Waals surface area contributed by atoms with E-state index in [4.69, 9.17) is 0 Å². The van der Waals surface area contributed by atoms with Crippen molar-refractivity contribution in [3.8, 4) is 0 Å². The third-order valence-corrected chi connectivity index (χ3v) is 1.35. The second-order valence-electron chi connectivity index (χ2n) is 2.01. The molecule has 3 nitrogen and oxygen atoms in total. The predicted molar refractivity (Wildman–Crippen MR) is 40.4 cm³/mol. The molecule has 1 aromatic carbocycles. The molecule has 1 aliphatic heterocycles. The van der Waals surface area contributed by atoms with E-state index in [-0.39, 0.29) is 0 Å². The number of hydrogen-bond donors (Lipinski definition) is 1. The Morgan fingerprint density at radius 2 is 2.10 bits per heavy atom. The van der Waals surface area contributed by atoms with Crippen LogP contribution in [0.4, 0.5) is 11.4 Å². The van der Waals surface area contributed by atoms with Crippen LogP contribution in [0.2, 0.25) is 0 Å². The van der Waals surface area contributed by atoms with Crippen LogP contribution in [-0.4, -0.2) is 6.34 Å². The number of hydrogen-bond acceptors (Lipinski definition) is 2. The van der Waals surface area contributed by atoms with Gasteiger partial charge in [0.15, 0.2) is 0 Å². The second-order valence-corrected chi connectivity index (χ2v) is 2.01. The molecule has 0 unspecified atom stereocenters. The molecule has 1 heterocycles. The molecule has 10 heavy (non-hydrogen) atoms. The van der Waals surface area contributed by atoms with Crippen LogP contribution >= 0.6 is 0 Å². The lowest BCUT2D eigenvalue weighted by Crippen LogP contribution is -2.05. The summed E-state index contributed by atoms with van der Waals surface area (Å²) in [6, 6.07) is 7.77. The minimum absolute atomic E-state index is 0.894. The summed E-state index contributed by atoms with van der Waals surface area (Å²) in [5, 5.41) is 6.68. The van der Waals surface area contributed by atoms with E-state index in [1.54, 1.807) is 6.34 Å². The van der Waals surface area contributed by atoms with E-state index in [0.29, 0.717) is 0 Å². The SMILES string of the molecule is C1=N[N]c2ccccc2N1. The maximum atomic E-state index is 3.90. The lowest BCUT2D eigenvalue weighted by Gasteiger charge is -2.08. The van der Waals surface area contributed by atoms with Gasteiger partial charge in [0, 0.05) is 0 Å². The minimum atomic E-state index is 0.894. The van der Waals surface area contributed by atoms with Crippen molar-refractivity contribution in [1.29, 1.82) is 0 Å². The molecule has 3 heteroatoms. The van der Waals surface area contributed by atoms with Gasteiger partial charge in [0.2, 0.25) is 0 Å². The Balaban J connectivity index is 2.47. The van der Waals surface area contributed by atoms with Crippen molar-refractivity contribution in [2.75, 3.05) is 5.32 Å². The molecular weight excluding hydrogens is 126 g/mol. The molecule has 1 aliphatic rings. The van der Waals surface area contributed by atoms with Crippen LogP contribution in [0.5, 0.6) is 0 Å². The maximum Gasteiger partial charge on any atom is 0.115 e. The Bertz CT molecular complexity index is 240. The summed E-state index contributed by atoms with van der Waals surface area (Å²) in [6.45, 7) is 0. The van der Waals surface area contributed by atoms with Crippen molar-refractivity contribution in [3.63, 3.8) is 0 Å². The van der Waals surface area contributed by atoms with Crippen molar-refractivity contribution in [1.82, 2.24) is 5.43 Å². The molecule has 1 aromatic rings. The highest BCUT2D eigenvalue weighted by Crippen LogP contribution is 2.21. The van der Waals surface area contributed by atoms with Crippen LogP contribution in [0.1, 0.15) is 0 Å². The van der Waals surface area contributed by atoms with Crippen molar-refractivity contribution < 1.29 is 0 Å². The van der Waals surface area contributed by atoms with Crippen molar-refractivity contribution in [2.45, 2.75) is 0 Å². The van der Waals surface area contributed by atoms with Gasteiger partial charge in [-0.15, -0.1) is 10.5 Å². The largest absolute Gasteiger partial charge is 0.343 e. The zero-order chi connectivity index (χ0) is 6.81. The standard InChI is InChI=1S/C7H6N3/c1-2-4-7-6(3-1)8-5-9-10-7/h1-5H,(H,8,9). The monoisotopic (exact) mass is 132 g/mol. The number of benzene rings is 1. The summed E-state index contributed by atoms with van der Waals surface area (Å²) in [5.74, 6) is 0. The van der Waals surface area contributed by atoms with Crippen LogP contribution in [0.3, 0.4) is 0 Å². The third-order valence-electron chi connectivity index (χ3n) is 1.35. The summed E-state index contributed by atoms with van der Waals surface area (Å²) < 4.78 is 0. The van der Waals surface area contributed by atoms with E-state index in [9.17, 15) is 0 Å². The molecule has 0 bridgehead atoms. The number of nitrogens with zero attached hydrogens (tertiary/aromatic N) is 2. The zero-order valence-electron chi connectivity index (χ0n) is 5.28. The van der Waals surface area contributed by atoms with Gasteiger partial charge in [-0.1, -0.05) is 12.1 Å². The number of fused-ring (bicyclic) bond motifs is 1. The molecule has 0 amide bonds. The average Bonchev–Trinajstić information content (AvgIpc) is 2.05. The Morgan fingerprint density at radius 1 is 1.20 bits per heavy atom. The quantitative estimate of drug-likeness (QED) is 0.567. The molecule has 0 saturated heterocycles. The summed E-state index contributed by atoms with van der Waals surface area (Å²) in [5.41, 5.74) is 5.81. The fourth-order valence-electron chi connectivity index (χ4n) is 0.872. The summed E-state index contributed by atoms with van der Waals surface area (Å²) in [4.78, 5) is 0. The second kappa shape index (κ2) is 2.02. The molecule has 0 aromatic heterocycles. The molecule has 49 valence electrons. The van der Waals surface area contributed by atoms with Crippen LogP contribution in [-0.2, 0) is 0 Å². The smallest absolute Gasteiger partial charge is 0.115 e. The van der Waals surface area contributed by atoms with Gasteiger partial charge in [-0.05, 0) is 12.1 Å². The van der Waals surface area contributed by atoms with Gasteiger partial charge in [0.25, 0.3) is 0 Å². The molecular formula is C7H6N3. The first-order valence-corrected chi connectivity index (χ1v) is 3.05. The fourth-order valence-corrected chi connectivity index (χ4v) is 0.872. The first-order chi connectivity index (χ1) is 4.97. The highest BCUT2D eigenvalue weighted by molar-refractivity contribution is 5.84. The fraction of sp³-hybridized carbons (Fsp3) is 0. The van der Waals surface area contributed by atoms with Crippen LogP contribution in [0, 0.1) is 0 Å². The lowest BCUT2D eigenvalue weighted by molar-refractivity contribution is 0.956. The Kier molecular flexibility index (Phi) is 1.07. The van der Waals surface area contributed by atoms with Crippen molar-refractivity contribution in [3.05, 3.63) is 24.3 Å². The minimum Gasteiger partial charge on any atom is -0.343 e. The number of rotatable bonds is 0. The summed E-state index contributed by atoms with van der Waals surface area (Å²) in [7, 11) is 0. The summed E-state index contributed by atoms with van der Waals surface area (Å²) >= 11 is 0. The van der Waals surface area contributed by atoms with Gasteiger partial charge in [0.1, 0.15) is 12.0 Å². The molecule has 0 aliphatic carbocycles. The van der Waals surface area contributed by atoms with Crippen LogP contribution < -0.4 is 10.7 Å². The Hall–Kier alpha value is -1.51. The van der Waals surface area contributed by atoms with Gasteiger partial charge < -0.3 is 5.32 Å². The van der Waals surface area contributed by atoms with Gasteiger partial charge in [-0.2, -0.15) is 0 Å². The van der Waals surface area contributed by atoms with Gasteiger partial charge in [0.05, 0.1) is 5.69 Å². The van der Waals surface area contributed by atoms with Gasteiger partial charge in [-0.3, -0.25) is 0 Å². The molecule has 1 radical (unpaired) electrons. The van der Waals surface area contributed by atoms with Crippen LogP contribution in [0.15, 0.2) is 29.4 Å². The number of anilines is 1. The summed E-state index contributed by atoms with van der Waals surface area (Å²) in [6.07, 6.45) is 1.57. The molecule has 2 rings (SSSR count). The first kappa shape index (κ1) is 5.29. The van der Waals surface area contributed by atoms with E-state index in [1.165, 1.54) is 0 Å².